The fourth-order valence-corrected chi connectivity index (χ4v) is 5.94. The van der Waals surface area contributed by atoms with E-state index < -0.39 is 53.1 Å². The van der Waals surface area contributed by atoms with Crippen LogP contribution in [0.15, 0.2) is 35.5 Å². The molecule has 1 saturated heterocycles. The highest BCUT2D eigenvalue weighted by molar-refractivity contribution is 6.41. The lowest BCUT2D eigenvalue weighted by molar-refractivity contribution is -0.139. The molecule has 2 aromatic rings. The van der Waals surface area contributed by atoms with Gasteiger partial charge in [-0.1, -0.05) is 37.3 Å². The van der Waals surface area contributed by atoms with E-state index in [2.05, 4.69) is 20.6 Å². The zero-order valence-electron chi connectivity index (χ0n) is 26.1. The summed E-state index contributed by atoms with van der Waals surface area (Å²) in [5.41, 5.74) is 4.49. The maximum atomic E-state index is 14.3. The number of amides is 4. The molecule has 2 fully saturated rings. The molecule has 1 aliphatic carbocycles. The third-order valence-corrected chi connectivity index (χ3v) is 8.41. The summed E-state index contributed by atoms with van der Waals surface area (Å²) < 4.78 is 6.65. The number of aliphatic imine (C=N–C) groups is 1. The summed E-state index contributed by atoms with van der Waals surface area (Å²) in [6.07, 6.45) is 6.61. The van der Waals surface area contributed by atoms with Gasteiger partial charge in [-0.2, -0.15) is 0 Å². The molecule has 1 saturated carbocycles. The number of aliphatic hydroxyl groups is 1. The van der Waals surface area contributed by atoms with Crippen LogP contribution >= 0.6 is 0 Å². The number of benzene rings is 1. The van der Waals surface area contributed by atoms with E-state index in [1.807, 2.05) is 0 Å². The highest BCUT2D eigenvalue weighted by atomic mass is 16.5. The Labute approximate surface area is 261 Å². The normalized spacial score (nSPS) is 20.0. The number of aromatic nitrogens is 3. The molecule has 242 valence electrons. The van der Waals surface area contributed by atoms with E-state index in [0.29, 0.717) is 11.4 Å². The Balaban J connectivity index is 1.70. The molecule has 4 rings (SSSR count). The predicted octanol–water partition coefficient (Wildman–Crippen LogP) is 1.47. The van der Waals surface area contributed by atoms with Gasteiger partial charge in [0, 0.05) is 18.5 Å². The molecule has 14 heteroatoms. The van der Waals surface area contributed by atoms with Crippen molar-refractivity contribution in [2.45, 2.75) is 89.4 Å². The van der Waals surface area contributed by atoms with Gasteiger partial charge < -0.3 is 25.8 Å². The fraction of sp³-hybridized carbons (Fsp3) is 0.548. The van der Waals surface area contributed by atoms with Crippen molar-refractivity contribution >= 4 is 35.1 Å². The molecule has 3 atom stereocenters. The van der Waals surface area contributed by atoms with Crippen LogP contribution in [-0.4, -0.2) is 85.9 Å². The van der Waals surface area contributed by atoms with E-state index in [4.69, 9.17) is 10.5 Å². The van der Waals surface area contributed by atoms with Crippen molar-refractivity contribution in [1.29, 1.82) is 0 Å². The van der Waals surface area contributed by atoms with Gasteiger partial charge in [0.2, 0.25) is 11.7 Å². The number of ketones is 1. The number of nitrogens with one attached hydrogen (secondary N) is 1. The third-order valence-electron chi connectivity index (χ3n) is 8.41. The number of carbonyl (C=O) groups is 5. The molecule has 1 unspecified atom stereocenters. The summed E-state index contributed by atoms with van der Waals surface area (Å²) in [6.45, 7) is 4.46. The number of ether oxygens (including phenoxy) is 1. The van der Waals surface area contributed by atoms with Gasteiger partial charge in [0.1, 0.15) is 23.1 Å². The van der Waals surface area contributed by atoms with Crippen LogP contribution < -0.4 is 15.8 Å². The quantitative estimate of drug-likeness (QED) is 0.245. The maximum absolute atomic E-state index is 14.3. The van der Waals surface area contributed by atoms with Gasteiger partial charge in [0.15, 0.2) is 0 Å². The number of hydrogen-bond acceptors (Lipinski definition) is 9. The molecule has 1 aromatic heterocycles. The van der Waals surface area contributed by atoms with Crippen molar-refractivity contribution in [3.63, 3.8) is 0 Å². The van der Waals surface area contributed by atoms with Crippen LogP contribution in [0.5, 0.6) is 5.75 Å². The lowest BCUT2D eigenvalue weighted by atomic mass is 9.85. The molecule has 45 heavy (non-hydrogen) atoms. The number of rotatable bonds is 11. The van der Waals surface area contributed by atoms with Gasteiger partial charge >= 0.3 is 0 Å². The number of hydrogen-bond donors (Lipinski definition) is 3. The standard InChI is InChI=1S/C31H41N7O7/c1-18(26(39)27(32)40)34-29(42)24-15-21(38-25(16-33-36-38)31(2,3)44)17-37(24)30(43)23(14-19-8-6-5-7-9-19)35-28(41)20-10-12-22(45-4)13-11-20/h10-13,16,18-19,21,24,44H,5-9,14-15,17H2,1-4H3,(H2,32,40)(H,34,42)/b35-23+/t18?,21-,24-/m0/s1. The Bertz CT molecular complexity index is 1460. The fourth-order valence-electron chi connectivity index (χ4n) is 5.94. The summed E-state index contributed by atoms with van der Waals surface area (Å²) >= 11 is 0. The minimum absolute atomic E-state index is 0.0120. The average Bonchev–Trinajstić information content (AvgIpc) is 3.69. The van der Waals surface area contributed by atoms with Crippen LogP contribution in [0.2, 0.25) is 0 Å². The highest BCUT2D eigenvalue weighted by Crippen LogP contribution is 2.33. The minimum atomic E-state index is -1.32. The van der Waals surface area contributed by atoms with E-state index in [9.17, 15) is 29.1 Å². The first kappa shape index (κ1) is 33.4. The van der Waals surface area contributed by atoms with Crippen LogP contribution in [0.25, 0.3) is 0 Å². The Hall–Kier alpha value is -4.46. The largest absolute Gasteiger partial charge is 0.497 e. The van der Waals surface area contributed by atoms with E-state index in [0.717, 1.165) is 32.1 Å². The molecule has 1 aromatic carbocycles. The lowest BCUT2D eigenvalue weighted by Gasteiger charge is -2.27. The van der Waals surface area contributed by atoms with Crippen molar-refractivity contribution in [2.24, 2.45) is 16.6 Å². The maximum Gasteiger partial charge on any atom is 0.287 e. The summed E-state index contributed by atoms with van der Waals surface area (Å²) in [7, 11) is 1.51. The second kappa shape index (κ2) is 14.1. The molecule has 0 radical (unpaired) electrons. The molecule has 2 aliphatic rings. The van der Waals surface area contributed by atoms with Crippen LogP contribution in [0.4, 0.5) is 0 Å². The smallest absolute Gasteiger partial charge is 0.287 e. The SMILES string of the molecule is COc1ccc(C(=O)/N=C(\CC2CCCCC2)C(=O)N2C[C@@H](n3nncc3C(C)(C)O)C[C@H]2C(=O)NC(C)C(=O)C(N)=O)cc1. The molecular weight excluding hydrogens is 582 g/mol. The average molecular weight is 624 g/mol. The Morgan fingerprint density at radius 3 is 2.40 bits per heavy atom. The van der Waals surface area contributed by atoms with Crippen LogP contribution in [0, 0.1) is 5.92 Å². The molecule has 1 aliphatic heterocycles. The lowest BCUT2D eigenvalue weighted by Crippen LogP contribution is -2.52. The number of carbonyl (C=O) groups excluding carboxylic acids is 5. The number of primary amides is 1. The first-order valence-electron chi connectivity index (χ1n) is 15.1. The van der Waals surface area contributed by atoms with Gasteiger partial charge in [-0.3, -0.25) is 24.0 Å². The summed E-state index contributed by atoms with van der Waals surface area (Å²) in [5.74, 6) is -3.36. The minimum Gasteiger partial charge on any atom is -0.497 e. The Kier molecular flexibility index (Phi) is 10.5. The van der Waals surface area contributed by atoms with Crippen LogP contribution in [0.3, 0.4) is 0 Å². The summed E-state index contributed by atoms with van der Waals surface area (Å²) in [6, 6.07) is 3.47. The van der Waals surface area contributed by atoms with Gasteiger partial charge in [-0.15, -0.1) is 5.10 Å². The van der Waals surface area contributed by atoms with Crippen LogP contribution in [0.1, 0.15) is 87.8 Å². The van der Waals surface area contributed by atoms with Crippen molar-refractivity contribution in [1.82, 2.24) is 25.2 Å². The first-order valence-corrected chi connectivity index (χ1v) is 15.1. The molecule has 4 N–H and O–H groups in total. The monoisotopic (exact) mass is 623 g/mol. The van der Waals surface area contributed by atoms with Gasteiger partial charge in [-0.25, -0.2) is 9.67 Å². The van der Waals surface area contributed by atoms with E-state index in [-0.39, 0.29) is 36.6 Å². The number of likely N-dealkylation sites (tertiary alicyclic amines) is 1. The zero-order chi connectivity index (χ0) is 32.9. The highest BCUT2D eigenvalue weighted by Gasteiger charge is 2.44. The molecule has 0 bridgehead atoms. The predicted molar refractivity (Wildman–Crippen MR) is 162 cm³/mol. The van der Waals surface area contributed by atoms with E-state index in [1.165, 1.54) is 29.8 Å². The number of Topliss-reactive ketones (excluding diaryl/α,β-unsaturated/α-hetero) is 1. The van der Waals surface area contributed by atoms with Crippen molar-refractivity contribution in [3.05, 3.63) is 41.7 Å². The number of nitrogens with two attached hydrogens (primary N) is 1. The molecule has 0 spiro atoms. The molecule has 14 nitrogen and oxygen atoms in total. The number of methoxy groups -OCH3 is 1. The Morgan fingerprint density at radius 1 is 1.13 bits per heavy atom. The molecule has 4 amide bonds. The third kappa shape index (κ3) is 7.98. The van der Waals surface area contributed by atoms with Crippen molar-refractivity contribution in [2.75, 3.05) is 13.7 Å². The topological polar surface area (TPSA) is 199 Å². The van der Waals surface area contributed by atoms with Crippen LogP contribution in [-0.2, 0) is 24.8 Å². The molecular formula is C31H41N7O7. The first-order chi connectivity index (χ1) is 21.3. The van der Waals surface area contributed by atoms with Gasteiger partial charge in [-0.05, 0) is 57.4 Å². The summed E-state index contributed by atoms with van der Waals surface area (Å²) in [4.78, 5) is 70.5. The van der Waals surface area contributed by atoms with Crippen molar-refractivity contribution < 1.29 is 33.8 Å². The zero-order valence-corrected chi connectivity index (χ0v) is 26.1. The summed E-state index contributed by atoms with van der Waals surface area (Å²) in [5, 5.41) is 21.3. The van der Waals surface area contributed by atoms with E-state index >= 15 is 0 Å². The van der Waals surface area contributed by atoms with E-state index in [1.54, 1.807) is 38.1 Å². The van der Waals surface area contributed by atoms with Gasteiger partial charge in [0.05, 0.1) is 31.1 Å². The Morgan fingerprint density at radius 2 is 1.80 bits per heavy atom. The van der Waals surface area contributed by atoms with Gasteiger partial charge in [0.25, 0.3) is 17.7 Å². The second-order valence-corrected chi connectivity index (χ2v) is 12.2. The number of nitrogens with zero attached hydrogens (tertiary/aromatic N) is 5. The molecule has 2 heterocycles. The van der Waals surface area contributed by atoms with Crippen molar-refractivity contribution in [3.8, 4) is 5.75 Å². The second-order valence-electron chi connectivity index (χ2n) is 12.2.